The van der Waals surface area contributed by atoms with Gasteiger partial charge in [0.05, 0.1) is 5.69 Å². The van der Waals surface area contributed by atoms with E-state index < -0.39 is 0 Å². The molecule has 4 rings (SSSR count). The van der Waals surface area contributed by atoms with Crippen LogP contribution in [0.5, 0.6) is 0 Å². The van der Waals surface area contributed by atoms with E-state index in [1.165, 1.54) is 16.8 Å². The van der Waals surface area contributed by atoms with Gasteiger partial charge < -0.3 is 4.90 Å². The summed E-state index contributed by atoms with van der Waals surface area (Å²) in [6.45, 7) is 0. The Kier molecular flexibility index (Phi) is 4.71. The lowest BCUT2D eigenvalue weighted by atomic mass is 9.96. The summed E-state index contributed by atoms with van der Waals surface area (Å²) >= 11 is 0. The molecule has 0 aliphatic rings. The predicted octanol–water partition coefficient (Wildman–Crippen LogP) is 6.15. The molecule has 0 spiro atoms. The molecule has 0 N–H and O–H groups in total. The zero-order valence-corrected chi connectivity index (χ0v) is 15.6. The molecule has 0 unspecified atom stereocenters. The molecule has 27 heavy (non-hydrogen) atoms. The molecule has 1 aromatic heterocycles. The fourth-order valence-corrected chi connectivity index (χ4v) is 3.24. The molecule has 0 radical (unpaired) electrons. The zero-order valence-electron chi connectivity index (χ0n) is 15.6. The summed E-state index contributed by atoms with van der Waals surface area (Å²) in [6, 6.07) is 31.7. The molecule has 0 saturated heterocycles. The Balaban J connectivity index is 1.86. The fraction of sp³-hybridized carbons (Fsp3) is 0.0800. The first-order chi connectivity index (χ1) is 13.2. The molecule has 0 atom stereocenters. The molecular weight excluding hydrogens is 328 g/mol. The van der Waals surface area contributed by atoms with Gasteiger partial charge in [-0.2, -0.15) is 0 Å². The number of rotatable bonds is 4. The quantitative estimate of drug-likeness (QED) is 0.439. The lowest BCUT2D eigenvalue weighted by Crippen LogP contribution is -2.08. The second kappa shape index (κ2) is 7.46. The van der Waals surface area contributed by atoms with Gasteiger partial charge in [0.2, 0.25) is 0 Å². The van der Waals surface area contributed by atoms with Crippen LogP contribution in [0, 0.1) is 0 Å². The highest BCUT2D eigenvalue weighted by molar-refractivity contribution is 5.84. The summed E-state index contributed by atoms with van der Waals surface area (Å²) in [5.74, 6) is 0. The number of pyridine rings is 1. The molecular formula is C25H22N2. The Bertz CT molecular complexity index is 1020. The van der Waals surface area contributed by atoms with E-state index in [0.29, 0.717) is 0 Å². The van der Waals surface area contributed by atoms with Gasteiger partial charge in [0.25, 0.3) is 0 Å². The average Bonchev–Trinajstić information content (AvgIpc) is 2.75. The van der Waals surface area contributed by atoms with Crippen molar-refractivity contribution in [1.82, 2.24) is 4.98 Å². The van der Waals surface area contributed by atoms with E-state index in [1.54, 1.807) is 0 Å². The van der Waals surface area contributed by atoms with Crippen molar-refractivity contribution in [3.05, 3.63) is 97.2 Å². The average molecular weight is 350 g/mol. The maximum atomic E-state index is 4.86. The highest BCUT2D eigenvalue weighted by Crippen LogP contribution is 2.34. The van der Waals surface area contributed by atoms with Gasteiger partial charge in [-0.15, -0.1) is 0 Å². The smallest absolute Gasteiger partial charge is 0.0780 e. The van der Waals surface area contributed by atoms with Gasteiger partial charge in [0.15, 0.2) is 0 Å². The van der Waals surface area contributed by atoms with Crippen LogP contribution < -0.4 is 4.90 Å². The van der Waals surface area contributed by atoms with Crippen LogP contribution in [0.25, 0.3) is 33.5 Å². The first-order valence-electron chi connectivity index (χ1n) is 9.11. The zero-order chi connectivity index (χ0) is 18.6. The lowest BCUT2D eigenvalue weighted by molar-refractivity contribution is 1.13. The Hall–Kier alpha value is -3.39. The maximum absolute atomic E-state index is 4.86. The molecule has 2 nitrogen and oxygen atoms in total. The molecule has 2 heteroatoms. The largest absolute Gasteiger partial charge is 0.378 e. The molecule has 0 saturated carbocycles. The minimum absolute atomic E-state index is 1.01. The van der Waals surface area contributed by atoms with Gasteiger partial charge >= 0.3 is 0 Å². The van der Waals surface area contributed by atoms with Gasteiger partial charge in [-0.3, -0.25) is 4.98 Å². The van der Waals surface area contributed by atoms with Gasteiger partial charge in [0, 0.05) is 42.7 Å². The summed E-state index contributed by atoms with van der Waals surface area (Å²) in [6.07, 6.45) is 1.97. The van der Waals surface area contributed by atoms with Crippen molar-refractivity contribution in [2.75, 3.05) is 19.0 Å². The fourth-order valence-electron chi connectivity index (χ4n) is 3.24. The van der Waals surface area contributed by atoms with Crippen molar-refractivity contribution >= 4 is 5.69 Å². The second-order valence-corrected chi connectivity index (χ2v) is 6.79. The SMILES string of the molecule is CN(C)c1ccc(-c2ncc(-c3ccccc3)cc2-c2ccccc2)cc1. The first-order valence-corrected chi connectivity index (χ1v) is 9.11. The third kappa shape index (κ3) is 3.61. The van der Waals surface area contributed by atoms with Crippen LogP contribution in [0.15, 0.2) is 97.2 Å². The molecule has 0 bridgehead atoms. The summed E-state index contributed by atoms with van der Waals surface area (Å²) in [5, 5.41) is 0. The summed E-state index contributed by atoms with van der Waals surface area (Å²) in [5.41, 5.74) is 7.94. The molecule has 1 heterocycles. The number of anilines is 1. The van der Waals surface area contributed by atoms with Crippen LogP contribution in [0.2, 0.25) is 0 Å². The summed E-state index contributed by atoms with van der Waals surface area (Å²) < 4.78 is 0. The highest BCUT2D eigenvalue weighted by atomic mass is 15.1. The summed E-state index contributed by atoms with van der Waals surface area (Å²) in [7, 11) is 4.11. The lowest BCUT2D eigenvalue weighted by Gasteiger charge is -2.15. The van der Waals surface area contributed by atoms with Crippen molar-refractivity contribution in [3.63, 3.8) is 0 Å². The van der Waals surface area contributed by atoms with Crippen LogP contribution in [0.4, 0.5) is 5.69 Å². The van der Waals surface area contributed by atoms with Crippen molar-refractivity contribution in [3.8, 4) is 33.5 Å². The number of nitrogens with zero attached hydrogens (tertiary/aromatic N) is 2. The van der Waals surface area contributed by atoms with Gasteiger partial charge in [-0.25, -0.2) is 0 Å². The van der Waals surface area contributed by atoms with Crippen LogP contribution in [0.3, 0.4) is 0 Å². The van der Waals surface area contributed by atoms with Crippen LogP contribution >= 0.6 is 0 Å². The van der Waals surface area contributed by atoms with Crippen molar-refractivity contribution in [2.45, 2.75) is 0 Å². The molecule has 0 aliphatic heterocycles. The van der Waals surface area contributed by atoms with Crippen molar-refractivity contribution in [1.29, 1.82) is 0 Å². The standard InChI is InChI=1S/C25H22N2/c1-27(2)23-15-13-21(14-16-23)25-24(20-11-7-4-8-12-20)17-22(18-26-25)19-9-5-3-6-10-19/h3-18H,1-2H3. The highest BCUT2D eigenvalue weighted by Gasteiger charge is 2.11. The Morgan fingerprint density at radius 2 is 1.19 bits per heavy atom. The third-order valence-electron chi connectivity index (χ3n) is 4.74. The Labute approximate surface area is 160 Å². The molecule has 0 aliphatic carbocycles. The Morgan fingerprint density at radius 3 is 1.78 bits per heavy atom. The number of benzene rings is 3. The maximum Gasteiger partial charge on any atom is 0.0780 e. The molecule has 0 amide bonds. The molecule has 4 aromatic rings. The third-order valence-corrected chi connectivity index (χ3v) is 4.74. The Morgan fingerprint density at radius 1 is 0.593 bits per heavy atom. The number of hydrogen-bond donors (Lipinski definition) is 0. The van der Waals surface area contributed by atoms with Gasteiger partial charge in [-0.1, -0.05) is 72.8 Å². The monoisotopic (exact) mass is 350 g/mol. The van der Waals surface area contributed by atoms with Crippen LogP contribution in [-0.4, -0.2) is 19.1 Å². The molecule has 0 fully saturated rings. The van der Waals surface area contributed by atoms with E-state index >= 15 is 0 Å². The van der Waals surface area contributed by atoms with Gasteiger partial charge in [-0.05, 0) is 29.3 Å². The number of hydrogen-bond acceptors (Lipinski definition) is 2. The van der Waals surface area contributed by atoms with Gasteiger partial charge in [0.1, 0.15) is 0 Å². The van der Waals surface area contributed by atoms with Crippen LogP contribution in [-0.2, 0) is 0 Å². The van der Waals surface area contributed by atoms with Crippen LogP contribution in [0.1, 0.15) is 0 Å². The van der Waals surface area contributed by atoms with Crippen molar-refractivity contribution < 1.29 is 0 Å². The summed E-state index contributed by atoms with van der Waals surface area (Å²) in [4.78, 5) is 6.97. The number of aromatic nitrogens is 1. The normalized spacial score (nSPS) is 10.6. The van der Waals surface area contributed by atoms with E-state index in [1.807, 2.05) is 18.3 Å². The minimum atomic E-state index is 1.01. The van der Waals surface area contributed by atoms with Crippen molar-refractivity contribution in [2.24, 2.45) is 0 Å². The van der Waals surface area contributed by atoms with E-state index in [0.717, 1.165) is 22.4 Å². The topological polar surface area (TPSA) is 16.1 Å². The minimum Gasteiger partial charge on any atom is -0.378 e. The van der Waals surface area contributed by atoms with E-state index in [2.05, 4.69) is 97.9 Å². The molecule has 132 valence electrons. The van der Waals surface area contributed by atoms with E-state index in [9.17, 15) is 0 Å². The predicted molar refractivity (Wildman–Crippen MR) is 115 cm³/mol. The first kappa shape index (κ1) is 17.0. The van der Waals surface area contributed by atoms with E-state index in [-0.39, 0.29) is 0 Å². The van der Waals surface area contributed by atoms with E-state index in [4.69, 9.17) is 4.98 Å². The second-order valence-electron chi connectivity index (χ2n) is 6.79. The molecule has 3 aromatic carbocycles.